The van der Waals surface area contributed by atoms with Crippen LogP contribution in [0.2, 0.25) is 5.02 Å². The Morgan fingerprint density at radius 1 is 0.814 bits per heavy atom. The fourth-order valence-electron chi connectivity index (χ4n) is 4.14. The highest BCUT2D eigenvalue weighted by molar-refractivity contribution is 6.53. The number of amides is 3. The van der Waals surface area contributed by atoms with Gasteiger partial charge in [-0.2, -0.15) is 22.0 Å². The van der Waals surface area contributed by atoms with E-state index in [0.29, 0.717) is 18.2 Å². The molecule has 0 bridgehead atoms. The van der Waals surface area contributed by atoms with Crippen molar-refractivity contribution in [2.45, 2.75) is 22.9 Å². The molecule has 4 rings (SSSR count). The van der Waals surface area contributed by atoms with E-state index in [1.54, 1.807) is 0 Å². The van der Waals surface area contributed by atoms with Crippen LogP contribution in [0.3, 0.4) is 0 Å². The second-order valence-corrected chi connectivity index (χ2v) is 11.0. The fourth-order valence-corrected chi connectivity index (χ4v) is 5.17. The molecule has 3 N–H and O–H groups in total. The summed E-state index contributed by atoms with van der Waals surface area (Å²) in [5.74, 6) is -10.6. The maximum Gasteiger partial charge on any atom is 0.419 e. The number of hydrogen-bond acceptors (Lipinski definition) is 3. The Morgan fingerprint density at radius 2 is 1.44 bits per heavy atom. The Labute approximate surface area is 251 Å². The molecule has 3 aromatic rings. The largest absolute Gasteiger partial charge is 0.419 e. The second-order valence-electron chi connectivity index (χ2n) is 9.11. The molecule has 17 heteroatoms. The Hall–Kier alpha value is -3.62. The van der Waals surface area contributed by atoms with Gasteiger partial charge in [-0.15, -0.1) is 23.2 Å². The van der Waals surface area contributed by atoms with Gasteiger partial charge in [0.2, 0.25) is 5.91 Å². The number of carbonyl (C=O) groups excluding carboxylic acids is 3. The van der Waals surface area contributed by atoms with Gasteiger partial charge in [0.15, 0.2) is 0 Å². The standard InChI is InChI=1S/C26H14Cl3F8N3O3/c27-13-3-2-10(6-11(13)22(41)39-17-8-18(16(32)7-15(17)31)40-24(43)21(33)34)38-23(42)20-19(25(20,28)29)9-1-4-14(30)12(5-9)26(35,36)37/h1-8,19-21H,(H,38,42)(H,39,41)(H,40,43)/t19-,20+/m0/s1. The average molecular weight is 675 g/mol. The van der Waals surface area contributed by atoms with Gasteiger partial charge in [-0.1, -0.05) is 17.7 Å². The van der Waals surface area contributed by atoms with Gasteiger partial charge in [-0.25, -0.2) is 13.2 Å². The van der Waals surface area contributed by atoms with Gasteiger partial charge in [-0.3, -0.25) is 14.4 Å². The van der Waals surface area contributed by atoms with Crippen LogP contribution in [0.4, 0.5) is 52.2 Å². The summed E-state index contributed by atoms with van der Waals surface area (Å²) in [6.07, 6.45) is -8.53. The highest BCUT2D eigenvalue weighted by Crippen LogP contribution is 2.65. The molecule has 2 atom stereocenters. The van der Waals surface area contributed by atoms with E-state index in [4.69, 9.17) is 34.8 Å². The summed E-state index contributed by atoms with van der Waals surface area (Å²) in [4.78, 5) is 37.0. The third kappa shape index (κ3) is 6.81. The summed E-state index contributed by atoms with van der Waals surface area (Å²) in [5, 5.41) is 5.73. The minimum atomic E-state index is -5.02. The van der Waals surface area contributed by atoms with Gasteiger partial charge in [0.25, 0.3) is 11.8 Å². The summed E-state index contributed by atoms with van der Waals surface area (Å²) in [6.45, 7) is 0. The second kappa shape index (κ2) is 11.8. The minimum Gasteiger partial charge on any atom is -0.326 e. The highest BCUT2D eigenvalue weighted by Gasteiger charge is 2.67. The van der Waals surface area contributed by atoms with Crippen LogP contribution >= 0.6 is 34.8 Å². The molecule has 0 aromatic heterocycles. The van der Waals surface area contributed by atoms with Gasteiger partial charge >= 0.3 is 12.6 Å². The van der Waals surface area contributed by atoms with Crippen molar-refractivity contribution in [3.05, 3.63) is 87.7 Å². The molecule has 0 saturated heterocycles. The molecule has 0 heterocycles. The Bertz CT molecular complexity index is 1640. The van der Waals surface area contributed by atoms with Crippen molar-refractivity contribution in [3.8, 4) is 0 Å². The predicted octanol–water partition coefficient (Wildman–Crippen LogP) is 7.76. The minimum absolute atomic E-state index is 0.0890. The number of carbonyl (C=O) groups is 3. The zero-order valence-electron chi connectivity index (χ0n) is 20.7. The lowest BCUT2D eigenvalue weighted by molar-refractivity contribution is -0.140. The van der Waals surface area contributed by atoms with Crippen molar-refractivity contribution >= 4 is 69.6 Å². The summed E-state index contributed by atoms with van der Waals surface area (Å²) in [5.41, 5.74) is -3.77. The molecular formula is C26H14Cl3F8N3O3. The van der Waals surface area contributed by atoms with Crippen molar-refractivity contribution in [2.24, 2.45) is 5.92 Å². The molecule has 0 unspecified atom stereocenters. The molecule has 3 amide bonds. The molecule has 3 aromatic carbocycles. The van der Waals surface area contributed by atoms with E-state index in [2.05, 4.69) is 5.32 Å². The fraction of sp³-hybridized carbons (Fsp3) is 0.192. The SMILES string of the molecule is O=C(Nc1cc(NC(=O)C(F)F)c(F)cc1F)c1cc(NC(=O)[C@H]2[C@H](c3ccc(F)c(C(F)(F)F)c3)C2(Cl)Cl)ccc1Cl. The lowest BCUT2D eigenvalue weighted by Crippen LogP contribution is -2.21. The molecule has 1 aliphatic carbocycles. The molecule has 0 radical (unpaired) electrons. The molecule has 43 heavy (non-hydrogen) atoms. The number of nitrogens with one attached hydrogen (secondary N) is 3. The van der Waals surface area contributed by atoms with E-state index < -0.39 is 80.9 Å². The first-order valence-corrected chi connectivity index (χ1v) is 12.8. The van der Waals surface area contributed by atoms with Crippen molar-refractivity contribution in [1.29, 1.82) is 0 Å². The Balaban J connectivity index is 1.53. The van der Waals surface area contributed by atoms with Crippen LogP contribution in [0, 0.1) is 23.4 Å². The zero-order valence-corrected chi connectivity index (χ0v) is 23.0. The first-order valence-electron chi connectivity index (χ1n) is 11.7. The van der Waals surface area contributed by atoms with Gasteiger partial charge in [-0.05, 0) is 42.0 Å². The molecule has 1 saturated carbocycles. The third-order valence-electron chi connectivity index (χ3n) is 6.23. The Kier molecular flexibility index (Phi) is 8.87. The van der Waals surface area contributed by atoms with E-state index >= 15 is 0 Å². The number of rotatable bonds is 7. The molecule has 0 spiro atoms. The van der Waals surface area contributed by atoms with Crippen molar-refractivity contribution in [2.75, 3.05) is 16.0 Å². The first kappa shape index (κ1) is 32.3. The quantitative estimate of drug-likeness (QED) is 0.177. The zero-order chi connectivity index (χ0) is 32.0. The van der Waals surface area contributed by atoms with Gasteiger partial charge in [0, 0.05) is 17.7 Å². The lowest BCUT2D eigenvalue weighted by atomic mass is 10.0. The molecule has 6 nitrogen and oxygen atoms in total. The van der Waals surface area contributed by atoms with E-state index in [-0.39, 0.29) is 27.9 Å². The Morgan fingerprint density at radius 3 is 2.05 bits per heavy atom. The van der Waals surface area contributed by atoms with E-state index in [0.717, 1.165) is 18.2 Å². The van der Waals surface area contributed by atoms with Crippen LogP contribution < -0.4 is 16.0 Å². The van der Waals surface area contributed by atoms with Crippen molar-refractivity contribution in [1.82, 2.24) is 0 Å². The number of benzene rings is 3. The number of halogens is 11. The molecule has 1 fully saturated rings. The monoisotopic (exact) mass is 673 g/mol. The summed E-state index contributed by atoms with van der Waals surface area (Å²) >= 11 is 18.4. The molecule has 228 valence electrons. The summed E-state index contributed by atoms with van der Waals surface area (Å²) < 4.78 is 105. The first-order chi connectivity index (χ1) is 19.9. The molecule has 0 aliphatic heterocycles. The average Bonchev–Trinajstić information content (AvgIpc) is 3.49. The van der Waals surface area contributed by atoms with Crippen LogP contribution in [0.25, 0.3) is 0 Å². The smallest absolute Gasteiger partial charge is 0.326 e. The molecule has 1 aliphatic rings. The van der Waals surface area contributed by atoms with Crippen molar-refractivity contribution in [3.63, 3.8) is 0 Å². The maximum atomic E-state index is 14.3. The summed E-state index contributed by atoms with van der Waals surface area (Å²) in [7, 11) is 0. The maximum absolute atomic E-state index is 14.3. The van der Waals surface area contributed by atoms with Gasteiger partial charge in [0.1, 0.15) is 21.8 Å². The third-order valence-corrected chi connectivity index (χ3v) is 7.50. The van der Waals surface area contributed by atoms with E-state index in [9.17, 15) is 49.5 Å². The van der Waals surface area contributed by atoms with Crippen LogP contribution in [0.1, 0.15) is 27.4 Å². The van der Waals surface area contributed by atoms with Crippen LogP contribution in [0.5, 0.6) is 0 Å². The van der Waals surface area contributed by atoms with E-state index in [1.807, 2.05) is 5.32 Å². The lowest BCUT2D eigenvalue weighted by Gasteiger charge is -2.13. The topological polar surface area (TPSA) is 87.3 Å². The van der Waals surface area contributed by atoms with Crippen LogP contribution in [0.15, 0.2) is 48.5 Å². The van der Waals surface area contributed by atoms with Crippen molar-refractivity contribution < 1.29 is 49.5 Å². The van der Waals surface area contributed by atoms with Crippen LogP contribution in [-0.2, 0) is 15.8 Å². The molecular weight excluding hydrogens is 661 g/mol. The van der Waals surface area contributed by atoms with Gasteiger partial charge < -0.3 is 16.0 Å². The number of hydrogen-bond donors (Lipinski definition) is 3. The normalized spacial score (nSPS) is 17.4. The van der Waals surface area contributed by atoms with E-state index in [1.165, 1.54) is 11.4 Å². The summed E-state index contributed by atoms with van der Waals surface area (Å²) in [6, 6.07) is 6.25. The number of alkyl halides is 7. The highest BCUT2D eigenvalue weighted by atomic mass is 35.5. The van der Waals surface area contributed by atoms with Crippen LogP contribution in [-0.4, -0.2) is 28.5 Å². The number of anilines is 3. The van der Waals surface area contributed by atoms with Gasteiger partial charge in [0.05, 0.1) is 33.4 Å². The predicted molar refractivity (Wildman–Crippen MR) is 141 cm³/mol.